The second kappa shape index (κ2) is 10.4. The second-order valence-corrected chi connectivity index (χ2v) is 8.27. The van der Waals surface area contributed by atoms with Gasteiger partial charge in [-0.25, -0.2) is 9.59 Å². The number of allylic oxidation sites excluding steroid dienone is 1. The van der Waals surface area contributed by atoms with E-state index in [-0.39, 0.29) is 34.4 Å². The molecule has 5 rings (SSSR count). The Hall–Kier alpha value is -5.63. The van der Waals surface area contributed by atoms with Gasteiger partial charge in [0.15, 0.2) is 5.76 Å². The van der Waals surface area contributed by atoms with E-state index in [1.54, 1.807) is 66.7 Å². The molecule has 39 heavy (non-hydrogen) atoms. The van der Waals surface area contributed by atoms with Gasteiger partial charge in [-0.3, -0.25) is 4.90 Å². The molecule has 0 fully saturated rings. The van der Waals surface area contributed by atoms with Gasteiger partial charge in [0.05, 0.1) is 43.6 Å². The van der Waals surface area contributed by atoms with Crippen LogP contribution in [0.1, 0.15) is 11.5 Å². The summed E-state index contributed by atoms with van der Waals surface area (Å²) >= 11 is 0. The van der Waals surface area contributed by atoms with Gasteiger partial charge >= 0.3 is 11.9 Å². The number of hydrogen-bond acceptors (Lipinski definition) is 11. The van der Waals surface area contributed by atoms with Crippen molar-refractivity contribution >= 4 is 17.6 Å². The van der Waals surface area contributed by atoms with Crippen LogP contribution < -0.4 is 10.6 Å². The first-order valence-corrected chi connectivity index (χ1v) is 11.6. The zero-order valence-electron chi connectivity index (χ0n) is 20.8. The molecule has 11 nitrogen and oxygen atoms in total. The van der Waals surface area contributed by atoms with Crippen LogP contribution in [0.25, 0.3) is 23.1 Å². The summed E-state index contributed by atoms with van der Waals surface area (Å²) in [6.07, 6.45) is 1.50. The number of esters is 2. The second-order valence-electron chi connectivity index (χ2n) is 8.27. The van der Waals surface area contributed by atoms with E-state index in [0.29, 0.717) is 22.6 Å². The molecule has 194 valence electrons. The van der Waals surface area contributed by atoms with E-state index < -0.39 is 17.9 Å². The number of carbonyl (C=O) groups excluding carboxylic acids is 2. The highest BCUT2D eigenvalue weighted by Crippen LogP contribution is 2.43. The molecule has 2 N–H and O–H groups in total. The molecule has 1 atom stereocenters. The molecular weight excluding hydrogens is 502 g/mol. The highest BCUT2D eigenvalue weighted by atomic mass is 16.5. The molecule has 0 saturated carbocycles. The molecule has 11 heteroatoms. The third kappa shape index (κ3) is 4.40. The zero-order chi connectivity index (χ0) is 27.5. The summed E-state index contributed by atoms with van der Waals surface area (Å²) in [7, 11) is 2.38. The van der Waals surface area contributed by atoms with Crippen LogP contribution >= 0.6 is 0 Å². The van der Waals surface area contributed by atoms with Gasteiger partial charge in [0, 0.05) is 11.3 Å². The maximum Gasteiger partial charge on any atom is 0.355 e. The number of aromatic nitrogens is 2. The predicted octanol–water partition coefficient (Wildman–Crippen LogP) is 3.89. The van der Waals surface area contributed by atoms with Crippen molar-refractivity contribution in [1.82, 2.24) is 10.2 Å². The van der Waals surface area contributed by atoms with Crippen LogP contribution in [0.4, 0.5) is 5.69 Å². The Bertz CT molecular complexity index is 1630. The number of nitrogens with zero attached hydrogens (tertiary/aromatic N) is 4. The van der Waals surface area contributed by atoms with Crippen molar-refractivity contribution in [3.8, 4) is 29.2 Å². The van der Waals surface area contributed by atoms with Crippen molar-refractivity contribution in [3.63, 3.8) is 0 Å². The molecule has 3 heterocycles. The summed E-state index contributed by atoms with van der Waals surface area (Å²) in [5.41, 5.74) is 7.88. The molecule has 0 bridgehead atoms. The first-order valence-electron chi connectivity index (χ1n) is 11.6. The van der Waals surface area contributed by atoms with E-state index in [0.717, 1.165) is 0 Å². The van der Waals surface area contributed by atoms with Crippen molar-refractivity contribution in [2.24, 2.45) is 5.73 Å². The van der Waals surface area contributed by atoms with E-state index in [1.165, 1.54) is 25.4 Å². The summed E-state index contributed by atoms with van der Waals surface area (Å²) < 4.78 is 21.1. The molecule has 2 aromatic heterocycles. The standard InChI is InChI=1S/C28H21N5O6/c1-36-27(34)22-21(16-7-4-3-5-8-16)19(15-29)24(30)33(23(22)28(35)37-2)18-12-10-17(11-13-18)25-31-32-26(39-25)20-9-6-14-38-20/h3-14,21H,30H2,1-2H3. The third-order valence-corrected chi connectivity index (χ3v) is 6.14. The maximum absolute atomic E-state index is 13.2. The summed E-state index contributed by atoms with van der Waals surface area (Å²) in [6.45, 7) is 0. The van der Waals surface area contributed by atoms with Gasteiger partial charge in [-0.05, 0) is 42.0 Å². The molecular formula is C28H21N5O6. The number of nitrogens with two attached hydrogens (primary N) is 1. The average Bonchev–Trinajstić information content (AvgIpc) is 3.69. The number of benzene rings is 2. The number of methoxy groups -OCH3 is 2. The van der Waals surface area contributed by atoms with Crippen LogP contribution in [-0.4, -0.2) is 36.4 Å². The monoisotopic (exact) mass is 523 g/mol. The summed E-state index contributed by atoms with van der Waals surface area (Å²) in [4.78, 5) is 27.6. The van der Waals surface area contributed by atoms with E-state index >= 15 is 0 Å². The molecule has 1 aliphatic rings. The first kappa shape index (κ1) is 25.0. The third-order valence-electron chi connectivity index (χ3n) is 6.14. The Morgan fingerprint density at radius 3 is 2.26 bits per heavy atom. The van der Waals surface area contributed by atoms with Crippen molar-refractivity contribution in [3.05, 3.63) is 101 Å². The molecule has 4 aromatic rings. The van der Waals surface area contributed by atoms with Gasteiger partial charge in [0.1, 0.15) is 11.5 Å². The molecule has 1 aliphatic heterocycles. The van der Waals surface area contributed by atoms with E-state index in [9.17, 15) is 14.9 Å². The quantitative estimate of drug-likeness (QED) is 0.365. The van der Waals surface area contributed by atoms with Crippen molar-refractivity contribution in [1.29, 1.82) is 5.26 Å². The Morgan fingerprint density at radius 2 is 1.64 bits per heavy atom. The fraction of sp³-hybridized carbons (Fsp3) is 0.107. The van der Waals surface area contributed by atoms with E-state index in [1.807, 2.05) is 0 Å². The lowest BCUT2D eigenvalue weighted by Crippen LogP contribution is -2.40. The molecule has 0 saturated heterocycles. The zero-order valence-corrected chi connectivity index (χ0v) is 20.8. The normalized spacial score (nSPS) is 15.2. The van der Waals surface area contributed by atoms with E-state index in [2.05, 4.69) is 16.3 Å². The molecule has 0 amide bonds. The summed E-state index contributed by atoms with van der Waals surface area (Å²) in [5.74, 6) is -1.75. The van der Waals surface area contributed by atoms with Crippen molar-refractivity contribution in [2.75, 3.05) is 19.1 Å². The number of ether oxygens (including phenoxy) is 2. The number of anilines is 1. The number of nitriles is 1. The number of carbonyl (C=O) groups is 2. The van der Waals surface area contributed by atoms with Crippen LogP contribution in [0.5, 0.6) is 0 Å². The Kier molecular flexibility index (Phi) is 6.67. The molecule has 0 spiro atoms. The van der Waals surface area contributed by atoms with Gasteiger partial charge in [0.2, 0.25) is 5.89 Å². The van der Waals surface area contributed by atoms with Gasteiger partial charge < -0.3 is 24.0 Å². The lowest BCUT2D eigenvalue weighted by Gasteiger charge is -2.35. The van der Waals surface area contributed by atoms with E-state index in [4.69, 9.17) is 24.0 Å². The summed E-state index contributed by atoms with van der Waals surface area (Å²) in [6, 6.07) is 20.9. The highest BCUT2D eigenvalue weighted by Gasteiger charge is 2.43. The smallest absolute Gasteiger partial charge is 0.355 e. The summed E-state index contributed by atoms with van der Waals surface area (Å²) in [5, 5.41) is 18.2. The SMILES string of the molecule is COC(=O)C1=C(C(=O)OC)N(c2ccc(-c3nnc(-c4ccco4)o3)cc2)C(N)=C(C#N)C1c1ccccc1. The van der Waals surface area contributed by atoms with Crippen molar-refractivity contribution < 1.29 is 27.9 Å². The van der Waals surface area contributed by atoms with Crippen LogP contribution in [0.15, 0.2) is 104 Å². The Morgan fingerprint density at radius 1 is 0.949 bits per heavy atom. The fourth-order valence-corrected chi connectivity index (χ4v) is 4.37. The van der Waals surface area contributed by atoms with Crippen LogP contribution in [0, 0.1) is 11.3 Å². The minimum atomic E-state index is -0.952. The largest absolute Gasteiger partial charge is 0.466 e. The Labute approximate surface area is 222 Å². The number of furan rings is 1. The molecule has 0 aliphatic carbocycles. The maximum atomic E-state index is 13.2. The fourth-order valence-electron chi connectivity index (χ4n) is 4.37. The average molecular weight is 524 g/mol. The van der Waals surface area contributed by atoms with Crippen molar-refractivity contribution in [2.45, 2.75) is 5.92 Å². The molecule has 0 radical (unpaired) electrons. The first-order chi connectivity index (χ1) is 19.0. The van der Waals surface area contributed by atoms with Crippen LogP contribution in [0.2, 0.25) is 0 Å². The lowest BCUT2D eigenvalue weighted by molar-refractivity contribution is -0.139. The van der Waals surface area contributed by atoms with Gasteiger partial charge in [-0.15, -0.1) is 10.2 Å². The molecule has 1 unspecified atom stereocenters. The van der Waals surface area contributed by atoms with Gasteiger partial charge in [-0.2, -0.15) is 5.26 Å². The van der Waals surface area contributed by atoms with Crippen LogP contribution in [-0.2, 0) is 19.1 Å². The van der Waals surface area contributed by atoms with Gasteiger partial charge in [-0.1, -0.05) is 30.3 Å². The van der Waals surface area contributed by atoms with Gasteiger partial charge in [0.25, 0.3) is 5.89 Å². The number of rotatable bonds is 6. The lowest BCUT2D eigenvalue weighted by atomic mass is 9.81. The Balaban J connectivity index is 1.63. The predicted molar refractivity (Wildman–Crippen MR) is 137 cm³/mol. The number of hydrogen-bond donors (Lipinski definition) is 1. The topological polar surface area (TPSA) is 158 Å². The van der Waals surface area contributed by atoms with Crippen LogP contribution in [0.3, 0.4) is 0 Å². The highest BCUT2D eigenvalue weighted by molar-refractivity contribution is 6.06. The molecule has 2 aromatic carbocycles. The minimum absolute atomic E-state index is 0.0370. The minimum Gasteiger partial charge on any atom is -0.466 e.